The third kappa shape index (κ3) is 6.88. The summed E-state index contributed by atoms with van der Waals surface area (Å²) in [5.41, 5.74) is 6.74. The Morgan fingerprint density at radius 1 is 1.28 bits per heavy atom. The number of rotatable bonds is 8. The van der Waals surface area contributed by atoms with Gasteiger partial charge in [-0.25, -0.2) is 14.1 Å². The van der Waals surface area contributed by atoms with Crippen molar-refractivity contribution in [3.8, 4) is 17.0 Å². The lowest BCUT2D eigenvalue weighted by atomic mass is 9.97. The number of amides is 1. The standard InChI is InChI=1S/C28H40FN5O4S.2H2/c1-18(2)17-38-23-12-20(11-21(29)13-23)25-9-8-24(26(31-25)34-15-19(3)14-28(34,4)5)27(35)32-39(36,37)33-10-6-7-22(30)16-33;;/h8-9,11-13,18-19,22H,6-7,10,14-17,30H2,1-5H3,(H,32,35);2*1H. The maximum atomic E-state index is 14.5. The molecular formula is C28H44FN5O4S. The van der Waals surface area contributed by atoms with E-state index in [9.17, 15) is 17.6 Å². The first-order valence-electron chi connectivity index (χ1n) is 13.6. The van der Waals surface area contributed by atoms with Crippen LogP contribution in [0.3, 0.4) is 0 Å². The van der Waals surface area contributed by atoms with Gasteiger partial charge in [0, 0.05) is 45.7 Å². The fourth-order valence-corrected chi connectivity index (χ4v) is 6.67. The Balaban J connectivity index is 0.00000294. The van der Waals surface area contributed by atoms with Gasteiger partial charge in [-0.15, -0.1) is 0 Å². The lowest BCUT2D eigenvalue weighted by molar-refractivity contribution is 0.0978. The van der Waals surface area contributed by atoms with Crippen LogP contribution in [-0.4, -0.2) is 61.4 Å². The number of nitrogens with two attached hydrogens (primary N) is 1. The summed E-state index contributed by atoms with van der Waals surface area (Å²) in [6.07, 6.45) is 2.24. The summed E-state index contributed by atoms with van der Waals surface area (Å²) in [7, 11) is -4.09. The van der Waals surface area contributed by atoms with Crippen LogP contribution in [0.5, 0.6) is 5.75 Å². The summed E-state index contributed by atoms with van der Waals surface area (Å²) in [5.74, 6) is 0.139. The number of pyridine rings is 1. The fraction of sp³-hybridized carbons (Fsp3) is 0.571. The van der Waals surface area contributed by atoms with Gasteiger partial charge < -0.3 is 15.4 Å². The quantitative estimate of drug-likeness (QED) is 0.486. The number of nitrogens with zero attached hydrogens (tertiary/aromatic N) is 3. The molecule has 1 amide bonds. The monoisotopic (exact) mass is 565 g/mol. The Morgan fingerprint density at radius 2 is 2.03 bits per heavy atom. The molecule has 11 heteroatoms. The number of anilines is 1. The largest absolute Gasteiger partial charge is 0.493 e. The zero-order valence-corrected chi connectivity index (χ0v) is 24.2. The summed E-state index contributed by atoms with van der Waals surface area (Å²) < 4.78 is 49.8. The highest BCUT2D eigenvalue weighted by Crippen LogP contribution is 2.38. The van der Waals surface area contributed by atoms with Crippen LogP contribution < -0.4 is 20.1 Å². The Bertz CT molecular complexity index is 1330. The fourth-order valence-electron chi connectivity index (χ4n) is 5.44. The average Bonchev–Trinajstić information content (AvgIpc) is 3.13. The molecule has 1 aromatic heterocycles. The third-order valence-corrected chi connectivity index (χ3v) is 8.64. The van der Waals surface area contributed by atoms with Gasteiger partial charge in [0.15, 0.2) is 0 Å². The number of aromatic nitrogens is 1. The molecule has 0 bridgehead atoms. The molecule has 2 aliphatic rings. The normalized spacial score (nSPS) is 21.8. The van der Waals surface area contributed by atoms with Gasteiger partial charge in [-0.3, -0.25) is 4.79 Å². The van der Waals surface area contributed by atoms with Crippen molar-refractivity contribution < 1.29 is 25.2 Å². The highest BCUT2D eigenvalue weighted by molar-refractivity contribution is 7.87. The first-order valence-corrected chi connectivity index (χ1v) is 15.0. The number of ether oxygens (including phenoxy) is 1. The van der Waals surface area contributed by atoms with E-state index in [1.807, 2.05) is 18.7 Å². The summed E-state index contributed by atoms with van der Waals surface area (Å²) in [6.45, 7) is 11.8. The minimum Gasteiger partial charge on any atom is -0.493 e. The lowest BCUT2D eigenvalue weighted by Crippen LogP contribution is -2.51. The van der Waals surface area contributed by atoms with E-state index in [1.165, 1.54) is 16.4 Å². The molecule has 9 nitrogen and oxygen atoms in total. The van der Waals surface area contributed by atoms with Crippen molar-refractivity contribution in [2.75, 3.05) is 31.1 Å². The summed E-state index contributed by atoms with van der Waals surface area (Å²) in [4.78, 5) is 20.3. The van der Waals surface area contributed by atoms with Crippen molar-refractivity contribution in [3.63, 3.8) is 0 Å². The second-order valence-electron chi connectivity index (χ2n) is 11.9. The molecule has 3 N–H and O–H groups in total. The highest BCUT2D eigenvalue weighted by atomic mass is 32.2. The second-order valence-corrected chi connectivity index (χ2v) is 13.5. The molecule has 2 aliphatic heterocycles. The molecular weight excluding hydrogens is 521 g/mol. The topological polar surface area (TPSA) is 118 Å². The van der Waals surface area contributed by atoms with Crippen LogP contribution in [-0.2, 0) is 10.2 Å². The Morgan fingerprint density at radius 3 is 2.67 bits per heavy atom. The molecule has 2 atom stereocenters. The van der Waals surface area contributed by atoms with Gasteiger partial charge in [0.25, 0.3) is 5.91 Å². The van der Waals surface area contributed by atoms with Crippen LogP contribution in [0.25, 0.3) is 11.3 Å². The van der Waals surface area contributed by atoms with Crippen molar-refractivity contribution in [1.29, 1.82) is 0 Å². The minimum absolute atomic E-state index is 0. The van der Waals surface area contributed by atoms with Crippen molar-refractivity contribution in [2.24, 2.45) is 17.6 Å². The number of carbonyl (C=O) groups excluding carboxylic acids is 1. The Kier molecular flexibility index (Phi) is 8.53. The number of halogens is 1. The van der Waals surface area contributed by atoms with Crippen LogP contribution >= 0.6 is 0 Å². The zero-order chi connectivity index (χ0) is 28.5. The van der Waals surface area contributed by atoms with Gasteiger partial charge in [0.05, 0.1) is 17.9 Å². The molecule has 2 fully saturated rings. The van der Waals surface area contributed by atoms with E-state index in [2.05, 4.69) is 25.5 Å². The molecule has 0 spiro atoms. The first kappa shape index (κ1) is 29.2. The molecule has 0 radical (unpaired) electrons. The molecule has 218 valence electrons. The van der Waals surface area contributed by atoms with E-state index in [1.54, 1.807) is 18.2 Å². The van der Waals surface area contributed by atoms with Crippen molar-refractivity contribution >= 4 is 21.9 Å². The van der Waals surface area contributed by atoms with Crippen molar-refractivity contribution in [3.05, 3.63) is 41.7 Å². The number of hydrogen-bond donors (Lipinski definition) is 2. The minimum atomic E-state index is -4.09. The van der Waals surface area contributed by atoms with Gasteiger partial charge in [-0.1, -0.05) is 20.8 Å². The van der Waals surface area contributed by atoms with Crippen LogP contribution in [0.4, 0.5) is 10.2 Å². The molecule has 4 rings (SSSR count). The van der Waals surface area contributed by atoms with Gasteiger partial charge in [-0.2, -0.15) is 12.7 Å². The van der Waals surface area contributed by atoms with Crippen LogP contribution in [0, 0.1) is 17.7 Å². The Labute approximate surface area is 234 Å². The van der Waals surface area contributed by atoms with E-state index in [0.717, 1.165) is 12.8 Å². The second kappa shape index (κ2) is 11.4. The van der Waals surface area contributed by atoms with Crippen LogP contribution in [0.2, 0.25) is 0 Å². The molecule has 0 saturated carbocycles. The highest BCUT2D eigenvalue weighted by Gasteiger charge is 2.39. The lowest BCUT2D eigenvalue weighted by Gasteiger charge is -2.34. The maximum Gasteiger partial charge on any atom is 0.304 e. The van der Waals surface area contributed by atoms with Gasteiger partial charge in [0.1, 0.15) is 17.4 Å². The zero-order valence-electron chi connectivity index (χ0n) is 23.4. The Hall–Kier alpha value is -2.76. The van der Waals surface area contributed by atoms with Gasteiger partial charge in [-0.05, 0) is 69.2 Å². The van der Waals surface area contributed by atoms with E-state index in [0.29, 0.717) is 54.9 Å². The number of nitrogens with one attached hydrogen (secondary N) is 1. The smallest absolute Gasteiger partial charge is 0.304 e. The third-order valence-electron chi connectivity index (χ3n) is 7.18. The van der Waals surface area contributed by atoms with Gasteiger partial charge in [0.2, 0.25) is 0 Å². The average molecular weight is 566 g/mol. The van der Waals surface area contributed by atoms with Crippen LogP contribution in [0.15, 0.2) is 30.3 Å². The maximum absolute atomic E-state index is 14.5. The number of benzene rings is 1. The van der Waals surface area contributed by atoms with Gasteiger partial charge >= 0.3 is 10.2 Å². The molecule has 2 unspecified atom stereocenters. The summed E-state index contributed by atoms with van der Waals surface area (Å²) >= 11 is 0. The molecule has 3 heterocycles. The van der Waals surface area contributed by atoms with E-state index < -0.39 is 21.9 Å². The van der Waals surface area contributed by atoms with E-state index in [4.69, 9.17) is 15.5 Å². The predicted molar refractivity (Wildman–Crippen MR) is 155 cm³/mol. The number of piperidine rings is 1. The molecule has 2 aromatic rings. The molecule has 2 saturated heterocycles. The summed E-state index contributed by atoms with van der Waals surface area (Å²) in [6, 6.07) is 7.32. The van der Waals surface area contributed by atoms with Crippen LogP contribution in [0.1, 0.15) is 67.1 Å². The summed E-state index contributed by atoms with van der Waals surface area (Å²) in [5, 5.41) is 0. The molecule has 0 aliphatic carbocycles. The predicted octanol–water partition coefficient (Wildman–Crippen LogP) is 4.44. The van der Waals surface area contributed by atoms with E-state index in [-0.39, 0.29) is 32.5 Å². The molecule has 39 heavy (non-hydrogen) atoms. The first-order chi connectivity index (χ1) is 18.2. The SMILES string of the molecule is CC(C)COc1cc(F)cc(-c2ccc(C(=O)NS(=O)(=O)N3CCCC(N)C3)c(N3CC(C)CC3(C)C)n2)c1.[HH].[HH]. The van der Waals surface area contributed by atoms with Crippen molar-refractivity contribution in [1.82, 2.24) is 14.0 Å². The van der Waals surface area contributed by atoms with E-state index >= 15 is 0 Å². The number of hydrogen-bond acceptors (Lipinski definition) is 7. The number of carbonyl (C=O) groups is 1. The van der Waals surface area contributed by atoms with Crippen molar-refractivity contribution in [2.45, 2.75) is 65.5 Å². The molecule has 1 aromatic carbocycles.